The Balaban J connectivity index is 1.71. The van der Waals surface area contributed by atoms with Crippen molar-refractivity contribution in [1.82, 2.24) is 0 Å². The Kier molecular flexibility index (Phi) is 6.62. The number of hydrogen-bond donors (Lipinski definition) is 2. The third-order valence-electron chi connectivity index (χ3n) is 4.59. The molecule has 2 aromatic rings. The molecule has 1 fully saturated rings. The number of benzene rings is 2. The molecule has 2 aromatic carbocycles. The predicted molar refractivity (Wildman–Crippen MR) is 103 cm³/mol. The smallest absolute Gasteiger partial charge is 0.339 e. The SMILES string of the molecule is COc1cc(NC(=O)c2ccccc2COC2CCOCC2)ccc1C(=O)O. The van der Waals surface area contributed by atoms with Crippen LogP contribution in [0.5, 0.6) is 5.75 Å². The van der Waals surface area contributed by atoms with Gasteiger partial charge in [-0.15, -0.1) is 0 Å². The summed E-state index contributed by atoms with van der Waals surface area (Å²) in [5, 5.41) is 12.0. The van der Waals surface area contributed by atoms with E-state index in [1.165, 1.54) is 25.3 Å². The van der Waals surface area contributed by atoms with Gasteiger partial charge in [-0.25, -0.2) is 4.79 Å². The van der Waals surface area contributed by atoms with Crippen molar-refractivity contribution in [3.63, 3.8) is 0 Å². The lowest BCUT2D eigenvalue weighted by molar-refractivity contribution is -0.0391. The van der Waals surface area contributed by atoms with E-state index in [0.717, 1.165) is 18.4 Å². The molecule has 1 heterocycles. The van der Waals surface area contributed by atoms with Crippen molar-refractivity contribution in [3.8, 4) is 5.75 Å². The van der Waals surface area contributed by atoms with Crippen molar-refractivity contribution < 1.29 is 28.9 Å². The first-order chi connectivity index (χ1) is 13.6. The average molecular weight is 385 g/mol. The van der Waals surface area contributed by atoms with Gasteiger partial charge in [-0.3, -0.25) is 4.79 Å². The van der Waals surface area contributed by atoms with Crippen LogP contribution in [-0.2, 0) is 16.1 Å². The summed E-state index contributed by atoms with van der Waals surface area (Å²) in [6.07, 6.45) is 1.84. The predicted octanol–water partition coefficient (Wildman–Crippen LogP) is 3.34. The number of rotatable bonds is 7. The van der Waals surface area contributed by atoms with Gasteiger partial charge >= 0.3 is 5.97 Å². The molecular formula is C21H23NO6. The summed E-state index contributed by atoms with van der Waals surface area (Å²) in [6.45, 7) is 1.73. The Morgan fingerprint density at radius 3 is 2.61 bits per heavy atom. The van der Waals surface area contributed by atoms with E-state index >= 15 is 0 Å². The molecule has 28 heavy (non-hydrogen) atoms. The van der Waals surface area contributed by atoms with E-state index in [0.29, 0.717) is 31.1 Å². The zero-order valence-corrected chi connectivity index (χ0v) is 15.6. The highest BCUT2D eigenvalue weighted by Gasteiger charge is 2.17. The maximum Gasteiger partial charge on any atom is 0.339 e. The van der Waals surface area contributed by atoms with Crippen LogP contribution >= 0.6 is 0 Å². The van der Waals surface area contributed by atoms with Gasteiger partial charge in [-0.2, -0.15) is 0 Å². The highest BCUT2D eigenvalue weighted by molar-refractivity contribution is 6.05. The summed E-state index contributed by atoms with van der Waals surface area (Å²) in [4.78, 5) is 24.0. The molecule has 0 saturated carbocycles. The first-order valence-electron chi connectivity index (χ1n) is 9.08. The Morgan fingerprint density at radius 2 is 1.89 bits per heavy atom. The van der Waals surface area contributed by atoms with E-state index in [1.54, 1.807) is 12.1 Å². The number of anilines is 1. The largest absolute Gasteiger partial charge is 0.496 e. The number of nitrogens with one attached hydrogen (secondary N) is 1. The van der Waals surface area contributed by atoms with Crippen LogP contribution in [0.2, 0.25) is 0 Å². The van der Waals surface area contributed by atoms with Gasteiger partial charge < -0.3 is 24.6 Å². The van der Waals surface area contributed by atoms with Gasteiger partial charge in [0.15, 0.2) is 0 Å². The molecule has 0 radical (unpaired) electrons. The maximum absolute atomic E-state index is 12.8. The second-order valence-electron chi connectivity index (χ2n) is 6.45. The third-order valence-corrected chi connectivity index (χ3v) is 4.59. The number of aromatic carboxylic acids is 1. The molecule has 0 atom stereocenters. The molecule has 0 spiro atoms. The zero-order valence-electron chi connectivity index (χ0n) is 15.6. The summed E-state index contributed by atoms with van der Waals surface area (Å²) in [5.74, 6) is -1.21. The van der Waals surface area contributed by atoms with Crippen LogP contribution < -0.4 is 10.1 Å². The van der Waals surface area contributed by atoms with Crippen molar-refractivity contribution in [1.29, 1.82) is 0 Å². The number of ether oxygens (including phenoxy) is 3. The second-order valence-corrected chi connectivity index (χ2v) is 6.45. The minimum Gasteiger partial charge on any atom is -0.496 e. The van der Waals surface area contributed by atoms with Crippen molar-refractivity contribution in [2.75, 3.05) is 25.6 Å². The van der Waals surface area contributed by atoms with Crippen LogP contribution in [0.3, 0.4) is 0 Å². The normalized spacial score (nSPS) is 14.5. The number of hydrogen-bond acceptors (Lipinski definition) is 5. The number of carboxylic acids is 1. The molecule has 148 valence electrons. The molecule has 0 aliphatic carbocycles. The van der Waals surface area contributed by atoms with Crippen LogP contribution in [0.15, 0.2) is 42.5 Å². The first-order valence-corrected chi connectivity index (χ1v) is 9.08. The molecule has 1 saturated heterocycles. The summed E-state index contributed by atoms with van der Waals surface area (Å²) in [6, 6.07) is 11.7. The van der Waals surface area contributed by atoms with E-state index in [9.17, 15) is 9.59 Å². The Hall–Kier alpha value is -2.90. The molecule has 2 N–H and O–H groups in total. The molecular weight excluding hydrogens is 362 g/mol. The highest BCUT2D eigenvalue weighted by Crippen LogP contribution is 2.24. The summed E-state index contributed by atoms with van der Waals surface area (Å²) in [5.41, 5.74) is 1.79. The number of amides is 1. The molecule has 1 aliphatic heterocycles. The van der Waals surface area contributed by atoms with Gasteiger partial charge in [-0.1, -0.05) is 18.2 Å². The van der Waals surface area contributed by atoms with Crippen LogP contribution in [0.25, 0.3) is 0 Å². The van der Waals surface area contributed by atoms with E-state index < -0.39 is 5.97 Å². The van der Waals surface area contributed by atoms with E-state index in [4.69, 9.17) is 19.3 Å². The van der Waals surface area contributed by atoms with Gasteiger partial charge in [0, 0.05) is 30.5 Å². The lowest BCUT2D eigenvalue weighted by atomic mass is 10.1. The van der Waals surface area contributed by atoms with Gasteiger partial charge in [0.25, 0.3) is 5.91 Å². The van der Waals surface area contributed by atoms with E-state index in [-0.39, 0.29) is 23.3 Å². The fourth-order valence-electron chi connectivity index (χ4n) is 3.06. The number of carbonyl (C=O) groups is 2. The van der Waals surface area contributed by atoms with Gasteiger partial charge in [0.05, 0.1) is 19.8 Å². The number of carbonyl (C=O) groups excluding carboxylic acids is 1. The fourth-order valence-corrected chi connectivity index (χ4v) is 3.06. The average Bonchev–Trinajstić information content (AvgIpc) is 2.73. The van der Waals surface area contributed by atoms with Gasteiger partial charge in [-0.05, 0) is 36.6 Å². The van der Waals surface area contributed by atoms with Crippen LogP contribution in [0.1, 0.15) is 39.1 Å². The van der Waals surface area contributed by atoms with Crippen LogP contribution in [-0.4, -0.2) is 43.4 Å². The third kappa shape index (κ3) is 4.88. The molecule has 7 nitrogen and oxygen atoms in total. The van der Waals surface area contributed by atoms with E-state index in [2.05, 4.69) is 5.32 Å². The quantitative estimate of drug-likeness (QED) is 0.759. The molecule has 0 aromatic heterocycles. The molecule has 0 bridgehead atoms. The molecule has 1 amide bonds. The standard InChI is InChI=1S/C21H23NO6/c1-26-19-12-15(6-7-18(19)21(24)25)22-20(23)17-5-3-2-4-14(17)13-28-16-8-10-27-11-9-16/h2-7,12,16H,8-11,13H2,1H3,(H,22,23)(H,24,25). The molecule has 1 aliphatic rings. The van der Waals surface area contributed by atoms with Gasteiger partial charge in [0.2, 0.25) is 0 Å². The zero-order chi connectivity index (χ0) is 19.9. The van der Waals surface area contributed by atoms with Gasteiger partial charge in [0.1, 0.15) is 11.3 Å². The minimum atomic E-state index is -1.09. The topological polar surface area (TPSA) is 94.1 Å². The Bertz CT molecular complexity index is 845. The molecule has 3 rings (SSSR count). The first kappa shape index (κ1) is 19.9. The van der Waals surface area contributed by atoms with Crippen LogP contribution in [0, 0.1) is 0 Å². The Labute approximate surface area is 163 Å². The Morgan fingerprint density at radius 1 is 1.14 bits per heavy atom. The number of carboxylic acid groups (broad SMARTS) is 1. The highest BCUT2D eigenvalue weighted by atomic mass is 16.5. The minimum absolute atomic E-state index is 0.0331. The van der Waals surface area contributed by atoms with E-state index in [1.807, 2.05) is 12.1 Å². The van der Waals surface area contributed by atoms with Crippen molar-refractivity contribution in [3.05, 3.63) is 59.2 Å². The molecule has 0 unspecified atom stereocenters. The second kappa shape index (κ2) is 9.34. The number of methoxy groups -OCH3 is 1. The lowest BCUT2D eigenvalue weighted by Crippen LogP contribution is -2.24. The molecule has 7 heteroatoms. The summed E-state index contributed by atoms with van der Waals surface area (Å²) >= 11 is 0. The van der Waals surface area contributed by atoms with Crippen molar-refractivity contribution >= 4 is 17.6 Å². The van der Waals surface area contributed by atoms with Crippen molar-refractivity contribution in [2.45, 2.75) is 25.6 Å². The fraction of sp³-hybridized carbons (Fsp3) is 0.333. The lowest BCUT2D eigenvalue weighted by Gasteiger charge is -2.23. The summed E-state index contributed by atoms with van der Waals surface area (Å²) in [7, 11) is 1.39. The summed E-state index contributed by atoms with van der Waals surface area (Å²) < 4.78 is 16.4. The van der Waals surface area contributed by atoms with Crippen molar-refractivity contribution in [2.24, 2.45) is 0 Å². The maximum atomic E-state index is 12.8. The monoisotopic (exact) mass is 385 g/mol. The van der Waals surface area contributed by atoms with Crippen LogP contribution in [0.4, 0.5) is 5.69 Å².